The van der Waals surface area contributed by atoms with Crippen molar-refractivity contribution in [1.82, 2.24) is 0 Å². The van der Waals surface area contributed by atoms with Crippen molar-refractivity contribution >= 4 is 28.5 Å². The van der Waals surface area contributed by atoms with Gasteiger partial charge in [0.05, 0.1) is 20.8 Å². The van der Waals surface area contributed by atoms with E-state index in [1.54, 1.807) is 0 Å². The zero-order chi connectivity index (χ0) is 27.1. The number of nitro groups is 3. The fraction of sp³-hybridized carbons (Fsp3) is 0.0769. The Bertz CT molecular complexity index is 1510. The fourth-order valence-electron chi connectivity index (χ4n) is 3.69. The Balaban J connectivity index is 1.63. The largest absolute Gasteiger partial charge is 0.301 e. The van der Waals surface area contributed by atoms with Crippen molar-refractivity contribution in [2.45, 2.75) is 13.0 Å². The van der Waals surface area contributed by atoms with E-state index in [-0.39, 0.29) is 17.9 Å². The number of benzene rings is 3. The SMILES string of the molecule is O=[N+]([O-])c1ccc(/C(C[n+]2ccc(Cc3ccccc3)cc2)=N/Nc2ccc([N+](=O)[O-])cc2[N+](=O)[O-])cc1. The van der Waals surface area contributed by atoms with Gasteiger partial charge in [-0.3, -0.25) is 35.8 Å². The van der Waals surface area contributed by atoms with Gasteiger partial charge in [0.25, 0.3) is 11.4 Å². The van der Waals surface area contributed by atoms with Crippen molar-refractivity contribution in [3.8, 4) is 0 Å². The Morgan fingerprint density at radius 2 is 1.34 bits per heavy atom. The van der Waals surface area contributed by atoms with E-state index in [0.29, 0.717) is 11.3 Å². The number of anilines is 1. The smallest absolute Gasteiger partial charge is 0.271 e. The van der Waals surface area contributed by atoms with Gasteiger partial charge in [0.2, 0.25) is 0 Å². The van der Waals surface area contributed by atoms with Crippen LogP contribution >= 0.6 is 0 Å². The topological polar surface area (TPSA) is 158 Å². The van der Waals surface area contributed by atoms with Crippen LogP contribution in [0.3, 0.4) is 0 Å². The maximum Gasteiger partial charge on any atom is 0.301 e. The van der Waals surface area contributed by atoms with Gasteiger partial charge in [-0.25, -0.2) is 0 Å². The Morgan fingerprint density at radius 1 is 0.737 bits per heavy atom. The monoisotopic (exact) mass is 513 g/mol. The molecule has 38 heavy (non-hydrogen) atoms. The van der Waals surface area contributed by atoms with E-state index in [4.69, 9.17) is 0 Å². The van der Waals surface area contributed by atoms with E-state index in [1.165, 1.54) is 35.9 Å². The number of hydrogen-bond donors (Lipinski definition) is 1. The van der Waals surface area contributed by atoms with Crippen molar-refractivity contribution in [2.24, 2.45) is 5.10 Å². The molecule has 1 N–H and O–H groups in total. The van der Waals surface area contributed by atoms with Crippen molar-refractivity contribution in [3.63, 3.8) is 0 Å². The summed E-state index contributed by atoms with van der Waals surface area (Å²) in [5, 5.41) is 37.9. The quantitative estimate of drug-likeness (QED) is 0.138. The van der Waals surface area contributed by atoms with Crippen LogP contribution in [0.25, 0.3) is 0 Å². The molecule has 0 fully saturated rings. The summed E-state index contributed by atoms with van der Waals surface area (Å²) in [4.78, 5) is 31.6. The summed E-state index contributed by atoms with van der Waals surface area (Å²) in [6.45, 7) is 0.233. The zero-order valence-corrected chi connectivity index (χ0v) is 19.8. The molecular weight excluding hydrogens is 492 g/mol. The molecule has 4 rings (SSSR count). The first-order valence-corrected chi connectivity index (χ1v) is 11.3. The molecule has 1 heterocycles. The molecule has 3 aromatic carbocycles. The van der Waals surface area contributed by atoms with Gasteiger partial charge in [0.1, 0.15) is 11.4 Å². The summed E-state index contributed by atoms with van der Waals surface area (Å²) in [7, 11) is 0. The maximum absolute atomic E-state index is 11.5. The maximum atomic E-state index is 11.5. The highest BCUT2D eigenvalue weighted by molar-refractivity contribution is 6.00. The van der Waals surface area contributed by atoms with Crippen LogP contribution in [0.5, 0.6) is 0 Å². The molecule has 0 unspecified atom stereocenters. The highest BCUT2D eigenvalue weighted by atomic mass is 16.6. The number of non-ortho nitro benzene ring substituents is 2. The molecular formula is C26H21N6O6+. The minimum Gasteiger partial charge on any atom is -0.271 e. The van der Waals surface area contributed by atoms with Crippen LogP contribution < -0.4 is 9.99 Å². The first-order valence-electron chi connectivity index (χ1n) is 11.3. The molecule has 0 amide bonds. The van der Waals surface area contributed by atoms with E-state index >= 15 is 0 Å². The normalized spacial score (nSPS) is 11.1. The third kappa shape index (κ3) is 6.37. The van der Waals surface area contributed by atoms with Crippen molar-refractivity contribution < 1.29 is 19.3 Å². The number of hydrazone groups is 1. The van der Waals surface area contributed by atoms with Gasteiger partial charge in [0.15, 0.2) is 18.9 Å². The Labute approximate surface area is 216 Å². The molecule has 0 saturated heterocycles. The Morgan fingerprint density at radius 3 is 1.95 bits per heavy atom. The molecule has 190 valence electrons. The molecule has 0 radical (unpaired) electrons. The first kappa shape index (κ1) is 25.6. The number of aromatic nitrogens is 1. The van der Waals surface area contributed by atoms with Crippen molar-refractivity contribution in [3.05, 3.63) is 144 Å². The van der Waals surface area contributed by atoms with E-state index < -0.39 is 26.1 Å². The zero-order valence-electron chi connectivity index (χ0n) is 19.8. The summed E-state index contributed by atoms with van der Waals surface area (Å²) in [5.74, 6) is 0. The summed E-state index contributed by atoms with van der Waals surface area (Å²) in [6.07, 6.45) is 4.50. The van der Waals surface area contributed by atoms with Crippen LogP contribution in [-0.2, 0) is 13.0 Å². The Hall–Kier alpha value is -5.52. The van der Waals surface area contributed by atoms with Crippen molar-refractivity contribution in [1.29, 1.82) is 0 Å². The average molecular weight is 513 g/mol. The van der Waals surface area contributed by atoms with Crippen LogP contribution in [0.2, 0.25) is 0 Å². The van der Waals surface area contributed by atoms with Gasteiger partial charge in [-0.05, 0) is 35.7 Å². The van der Waals surface area contributed by atoms with Gasteiger partial charge in [0, 0.05) is 35.9 Å². The summed E-state index contributed by atoms with van der Waals surface area (Å²) in [5.41, 5.74) is 4.82. The lowest BCUT2D eigenvalue weighted by atomic mass is 10.1. The lowest BCUT2D eigenvalue weighted by Gasteiger charge is -2.07. The standard InChI is InChI=1S/C26H21N6O6/c33-30(34)22-8-6-21(7-9-22)25(28-27-24-11-10-23(31(35)36)17-26(24)32(37)38)18-29-14-12-20(13-15-29)16-19-4-2-1-3-5-19/h1-15,17,27H,16,18H2/q+1/b28-25+. The molecule has 0 bridgehead atoms. The van der Waals surface area contributed by atoms with Gasteiger partial charge in [-0.2, -0.15) is 9.67 Å². The predicted octanol–water partition coefficient (Wildman–Crippen LogP) is 4.81. The molecule has 0 saturated carbocycles. The number of rotatable bonds is 10. The second-order valence-corrected chi connectivity index (χ2v) is 8.23. The molecule has 0 aliphatic carbocycles. The highest BCUT2D eigenvalue weighted by Gasteiger charge is 2.20. The molecule has 12 heteroatoms. The number of nitrogens with zero attached hydrogens (tertiary/aromatic N) is 5. The number of pyridine rings is 1. The highest BCUT2D eigenvalue weighted by Crippen LogP contribution is 2.29. The molecule has 0 aliphatic rings. The van der Waals surface area contributed by atoms with Crippen LogP contribution in [0.15, 0.2) is 102 Å². The van der Waals surface area contributed by atoms with E-state index in [2.05, 4.69) is 10.5 Å². The van der Waals surface area contributed by atoms with Crippen LogP contribution in [0.4, 0.5) is 22.7 Å². The second-order valence-electron chi connectivity index (χ2n) is 8.23. The first-order chi connectivity index (χ1) is 18.3. The fourth-order valence-corrected chi connectivity index (χ4v) is 3.69. The molecule has 0 spiro atoms. The number of hydrogen-bond acceptors (Lipinski definition) is 8. The van der Waals surface area contributed by atoms with E-state index in [9.17, 15) is 30.3 Å². The second kappa shape index (κ2) is 11.5. The van der Waals surface area contributed by atoms with Gasteiger partial charge in [-0.15, -0.1) is 0 Å². The Kier molecular flexibility index (Phi) is 7.72. The summed E-state index contributed by atoms with van der Waals surface area (Å²) < 4.78 is 1.85. The van der Waals surface area contributed by atoms with Crippen LogP contribution in [0, 0.1) is 30.3 Å². The van der Waals surface area contributed by atoms with Crippen LogP contribution in [-0.4, -0.2) is 20.5 Å². The van der Waals surface area contributed by atoms with E-state index in [0.717, 1.165) is 24.1 Å². The predicted molar refractivity (Wildman–Crippen MR) is 139 cm³/mol. The summed E-state index contributed by atoms with van der Waals surface area (Å²) >= 11 is 0. The number of nitro benzene ring substituents is 3. The third-order valence-corrected chi connectivity index (χ3v) is 5.66. The molecule has 0 atom stereocenters. The number of nitrogens with one attached hydrogen (secondary N) is 1. The lowest BCUT2D eigenvalue weighted by molar-refractivity contribution is -0.681. The molecule has 4 aromatic rings. The van der Waals surface area contributed by atoms with Crippen molar-refractivity contribution in [2.75, 3.05) is 5.43 Å². The van der Waals surface area contributed by atoms with Gasteiger partial charge >= 0.3 is 5.69 Å². The molecule has 0 aliphatic heterocycles. The molecule has 12 nitrogen and oxygen atoms in total. The van der Waals surface area contributed by atoms with Crippen LogP contribution in [0.1, 0.15) is 16.7 Å². The summed E-state index contributed by atoms with van der Waals surface area (Å²) in [6, 6.07) is 22.9. The average Bonchev–Trinajstić information content (AvgIpc) is 2.92. The van der Waals surface area contributed by atoms with E-state index in [1.807, 2.05) is 59.4 Å². The minimum absolute atomic E-state index is 0.0387. The van der Waals surface area contributed by atoms with Gasteiger partial charge in [-0.1, -0.05) is 30.3 Å². The molecule has 1 aromatic heterocycles. The van der Waals surface area contributed by atoms with Gasteiger partial charge < -0.3 is 0 Å². The third-order valence-electron chi connectivity index (χ3n) is 5.66. The lowest BCUT2D eigenvalue weighted by Crippen LogP contribution is -2.37. The minimum atomic E-state index is -0.739.